The average Bonchev–Trinajstić information content (AvgIpc) is 2.38. The van der Waals surface area contributed by atoms with Crippen LogP contribution in [0.2, 0.25) is 0 Å². The SMILES string of the molecule is COc1cc(Br)c(OC)c2c1CSC(C(C)C)C2O. The van der Waals surface area contributed by atoms with Crippen molar-refractivity contribution in [1.82, 2.24) is 0 Å². The molecule has 106 valence electrons. The molecule has 2 atom stereocenters. The summed E-state index contributed by atoms with van der Waals surface area (Å²) in [6.45, 7) is 4.27. The second kappa shape index (κ2) is 5.94. The van der Waals surface area contributed by atoms with Crippen LogP contribution in [0, 0.1) is 5.92 Å². The van der Waals surface area contributed by atoms with Crippen molar-refractivity contribution in [3.05, 3.63) is 21.7 Å². The Labute approximate surface area is 126 Å². The molecule has 5 heteroatoms. The van der Waals surface area contributed by atoms with E-state index in [0.717, 1.165) is 27.1 Å². The van der Waals surface area contributed by atoms with Crippen molar-refractivity contribution in [3.8, 4) is 11.5 Å². The third-order valence-corrected chi connectivity index (χ3v) is 5.68. The van der Waals surface area contributed by atoms with Crippen LogP contribution in [0.1, 0.15) is 31.1 Å². The van der Waals surface area contributed by atoms with Crippen LogP contribution >= 0.6 is 27.7 Å². The summed E-state index contributed by atoms with van der Waals surface area (Å²) in [6, 6.07) is 1.90. The normalized spacial score (nSPS) is 22.3. The van der Waals surface area contributed by atoms with E-state index in [1.807, 2.05) is 6.07 Å². The summed E-state index contributed by atoms with van der Waals surface area (Å²) >= 11 is 5.26. The van der Waals surface area contributed by atoms with Crippen LogP contribution in [0.4, 0.5) is 0 Å². The second-order valence-electron chi connectivity index (χ2n) is 4.95. The van der Waals surface area contributed by atoms with E-state index in [9.17, 15) is 5.11 Å². The van der Waals surface area contributed by atoms with Crippen molar-refractivity contribution in [2.24, 2.45) is 5.92 Å². The summed E-state index contributed by atoms with van der Waals surface area (Å²) in [5.74, 6) is 2.76. The van der Waals surface area contributed by atoms with Crippen molar-refractivity contribution in [3.63, 3.8) is 0 Å². The van der Waals surface area contributed by atoms with E-state index < -0.39 is 6.10 Å². The highest BCUT2D eigenvalue weighted by Crippen LogP contribution is 2.50. The molecule has 1 aromatic carbocycles. The monoisotopic (exact) mass is 346 g/mol. The van der Waals surface area contributed by atoms with Gasteiger partial charge in [0.15, 0.2) is 0 Å². The first-order chi connectivity index (χ1) is 9.01. The average molecular weight is 347 g/mol. The van der Waals surface area contributed by atoms with E-state index in [-0.39, 0.29) is 5.25 Å². The van der Waals surface area contributed by atoms with E-state index in [1.54, 1.807) is 26.0 Å². The summed E-state index contributed by atoms with van der Waals surface area (Å²) in [5, 5.41) is 10.9. The number of aliphatic hydroxyl groups excluding tert-OH is 1. The number of hydrogen-bond donors (Lipinski definition) is 1. The Bertz CT molecular complexity index is 476. The minimum absolute atomic E-state index is 0.181. The first-order valence-corrected chi connectivity index (χ1v) is 8.08. The number of ether oxygens (including phenoxy) is 2. The van der Waals surface area contributed by atoms with Gasteiger partial charge in [0.1, 0.15) is 11.5 Å². The molecule has 19 heavy (non-hydrogen) atoms. The van der Waals surface area contributed by atoms with Gasteiger partial charge < -0.3 is 14.6 Å². The van der Waals surface area contributed by atoms with Crippen LogP contribution in [0.5, 0.6) is 11.5 Å². The van der Waals surface area contributed by atoms with Gasteiger partial charge in [-0.2, -0.15) is 11.8 Å². The largest absolute Gasteiger partial charge is 0.496 e. The molecule has 0 bridgehead atoms. The Hall–Kier alpha value is -0.390. The fraction of sp³-hybridized carbons (Fsp3) is 0.571. The number of hydrogen-bond acceptors (Lipinski definition) is 4. The number of benzene rings is 1. The first-order valence-electron chi connectivity index (χ1n) is 6.24. The maximum atomic E-state index is 10.7. The fourth-order valence-corrected chi connectivity index (χ4v) is 4.45. The highest BCUT2D eigenvalue weighted by Gasteiger charge is 2.35. The molecule has 2 unspecified atom stereocenters. The van der Waals surface area contributed by atoms with E-state index in [4.69, 9.17) is 9.47 Å². The van der Waals surface area contributed by atoms with Crippen molar-refractivity contribution in [2.75, 3.05) is 14.2 Å². The fourth-order valence-electron chi connectivity index (χ4n) is 2.51. The molecule has 0 aromatic heterocycles. The van der Waals surface area contributed by atoms with Crippen LogP contribution < -0.4 is 9.47 Å². The number of thioether (sulfide) groups is 1. The first kappa shape index (κ1) is 15.0. The molecule has 1 aliphatic heterocycles. The van der Waals surface area contributed by atoms with Crippen LogP contribution in [-0.4, -0.2) is 24.6 Å². The highest BCUT2D eigenvalue weighted by atomic mass is 79.9. The topological polar surface area (TPSA) is 38.7 Å². The third-order valence-electron chi connectivity index (χ3n) is 3.45. The Morgan fingerprint density at radius 2 is 2.05 bits per heavy atom. The van der Waals surface area contributed by atoms with Gasteiger partial charge in [-0.25, -0.2) is 0 Å². The smallest absolute Gasteiger partial charge is 0.139 e. The summed E-state index contributed by atoms with van der Waals surface area (Å²) < 4.78 is 11.7. The number of fused-ring (bicyclic) bond motifs is 1. The molecular formula is C14H19BrO3S. The van der Waals surface area contributed by atoms with Gasteiger partial charge in [0.2, 0.25) is 0 Å². The third kappa shape index (κ3) is 2.60. The maximum absolute atomic E-state index is 10.7. The summed E-state index contributed by atoms with van der Waals surface area (Å²) in [5.41, 5.74) is 1.91. The number of rotatable bonds is 3. The molecule has 0 radical (unpaired) electrons. The van der Waals surface area contributed by atoms with Gasteiger partial charge in [0.25, 0.3) is 0 Å². The minimum Gasteiger partial charge on any atom is -0.496 e. The maximum Gasteiger partial charge on any atom is 0.139 e. The van der Waals surface area contributed by atoms with Gasteiger partial charge >= 0.3 is 0 Å². The molecule has 1 aromatic rings. The van der Waals surface area contributed by atoms with Crippen molar-refractivity contribution in [2.45, 2.75) is 31.0 Å². The molecule has 0 fully saturated rings. The quantitative estimate of drug-likeness (QED) is 0.903. The van der Waals surface area contributed by atoms with Gasteiger partial charge in [-0.1, -0.05) is 13.8 Å². The van der Waals surface area contributed by atoms with E-state index >= 15 is 0 Å². The van der Waals surface area contributed by atoms with Gasteiger partial charge in [-0.05, 0) is 27.9 Å². The predicted molar refractivity (Wildman–Crippen MR) is 82.1 cm³/mol. The van der Waals surface area contributed by atoms with E-state index in [1.165, 1.54) is 0 Å². The standard InChI is InChI=1S/C14H19BrO3S/c1-7(2)14-12(16)11-8(6-19-14)10(17-3)5-9(15)13(11)18-4/h5,7,12,14,16H,6H2,1-4H3. The van der Waals surface area contributed by atoms with Crippen LogP contribution in [0.25, 0.3) is 0 Å². The molecule has 1 N–H and O–H groups in total. The van der Waals surface area contributed by atoms with Crippen molar-refractivity contribution < 1.29 is 14.6 Å². The molecule has 0 saturated carbocycles. The lowest BCUT2D eigenvalue weighted by molar-refractivity contribution is 0.151. The summed E-state index contributed by atoms with van der Waals surface area (Å²) in [7, 11) is 3.28. The summed E-state index contributed by atoms with van der Waals surface area (Å²) in [4.78, 5) is 0. The van der Waals surface area contributed by atoms with Gasteiger partial charge in [-0.3, -0.25) is 0 Å². The number of aliphatic hydroxyl groups is 1. The molecular weight excluding hydrogens is 328 g/mol. The van der Waals surface area contributed by atoms with Crippen LogP contribution in [0.15, 0.2) is 10.5 Å². The Morgan fingerprint density at radius 1 is 1.37 bits per heavy atom. The number of halogens is 1. The van der Waals surface area contributed by atoms with Crippen molar-refractivity contribution >= 4 is 27.7 Å². The lowest BCUT2D eigenvalue weighted by atomic mass is 9.93. The summed E-state index contributed by atoms with van der Waals surface area (Å²) in [6.07, 6.45) is -0.532. The van der Waals surface area contributed by atoms with Gasteiger partial charge in [-0.15, -0.1) is 0 Å². The minimum atomic E-state index is -0.532. The lowest BCUT2D eigenvalue weighted by Gasteiger charge is -2.34. The zero-order valence-electron chi connectivity index (χ0n) is 11.6. The van der Waals surface area contributed by atoms with E-state index in [2.05, 4.69) is 29.8 Å². The zero-order chi connectivity index (χ0) is 14.2. The van der Waals surface area contributed by atoms with Gasteiger partial charge in [0, 0.05) is 22.1 Å². The van der Waals surface area contributed by atoms with Gasteiger partial charge in [0.05, 0.1) is 24.8 Å². The van der Waals surface area contributed by atoms with Crippen LogP contribution in [-0.2, 0) is 5.75 Å². The molecule has 0 aliphatic carbocycles. The molecule has 1 heterocycles. The van der Waals surface area contributed by atoms with Crippen molar-refractivity contribution in [1.29, 1.82) is 0 Å². The molecule has 2 rings (SSSR count). The lowest BCUT2D eigenvalue weighted by Crippen LogP contribution is -2.26. The molecule has 0 spiro atoms. The highest BCUT2D eigenvalue weighted by molar-refractivity contribution is 9.10. The molecule has 1 aliphatic rings. The molecule has 0 saturated heterocycles. The zero-order valence-corrected chi connectivity index (χ0v) is 14.0. The molecule has 3 nitrogen and oxygen atoms in total. The second-order valence-corrected chi connectivity index (χ2v) is 6.97. The Balaban J connectivity index is 2.59. The van der Waals surface area contributed by atoms with E-state index in [0.29, 0.717) is 11.7 Å². The molecule has 0 amide bonds. The predicted octanol–water partition coefficient (Wildman–Crippen LogP) is 3.77. The Kier molecular flexibility index (Phi) is 4.69. The Morgan fingerprint density at radius 3 is 2.58 bits per heavy atom. The number of methoxy groups -OCH3 is 2. The van der Waals surface area contributed by atoms with Crippen LogP contribution in [0.3, 0.4) is 0 Å².